The zero-order chi connectivity index (χ0) is 16.7. The van der Waals surface area contributed by atoms with Gasteiger partial charge in [0, 0.05) is 17.0 Å². The molecule has 0 spiro atoms. The third kappa shape index (κ3) is 4.83. The Labute approximate surface area is 143 Å². The monoisotopic (exact) mass is 329 g/mol. The van der Waals surface area contributed by atoms with Gasteiger partial charge in [-0.25, -0.2) is 0 Å². The van der Waals surface area contributed by atoms with Gasteiger partial charge in [0.25, 0.3) is 5.91 Å². The van der Waals surface area contributed by atoms with Crippen LogP contribution in [0.5, 0.6) is 0 Å². The Hall–Kier alpha value is -1.81. The topological polar surface area (TPSA) is 33.0 Å². The number of nitrogens with zero attached hydrogens (tertiary/aromatic N) is 1. The van der Waals surface area contributed by atoms with Gasteiger partial charge >= 0.3 is 0 Å². The first-order valence-corrected chi connectivity index (χ1v) is 9.32. The lowest BCUT2D eigenvalue weighted by atomic mass is 9.95. The second-order valence-corrected chi connectivity index (χ2v) is 6.41. The highest BCUT2D eigenvalue weighted by Crippen LogP contribution is 2.24. The fourth-order valence-corrected chi connectivity index (χ4v) is 3.26. The van der Waals surface area contributed by atoms with E-state index in [0.29, 0.717) is 12.5 Å². The van der Waals surface area contributed by atoms with Crippen LogP contribution in [0.2, 0.25) is 0 Å². The molecule has 0 aliphatic carbocycles. The molecule has 0 saturated carbocycles. The highest BCUT2D eigenvalue weighted by atomic mass is 32.2. The Balaban J connectivity index is 2.00. The van der Waals surface area contributed by atoms with Crippen LogP contribution < -0.4 is 9.88 Å². The molecule has 0 fully saturated rings. The van der Waals surface area contributed by atoms with E-state index >= 15 is 0 Å². The number of hydrogen-bond acceptors (Lipinski definition) is 2. The average Bonchev–Trinajstić information content (AvgIpc) is 2.58. The Morgan fingerprint density at radius 2 is 1.78 bits per heavy atom. The fraction of sp³-hybridized carbons (Fsp3) is 0.368. The number of benzene rings is 1. The normalized spacial score (nSPS) is 10.8. The molecule has 122 valence electrons. The van der Waals surface area contributed by atoms with Crippen LogP contribution in [-0.4, -0.2) is 12.2 Å². The number of thioether (sulfide) groups is 1. The van der Waals surface area contributed by atoms with Crippen LogP contribution in [0.15, 0.2) is 53.7 Å². The van der Waals surface area contributed by atoms with Gasteiger partial charge in [0.1, 0.15) is 0 Å². The zero-order valence-corrected chi connectivity index (χ0v) is 14.9. The quantitative estimate of drug-likeness (QED) is 0.609. The van der Waals surface area contributed by atoms with Crippen LogP contribution >= 0.6 is 11.8 Å². The molecule has 1 aromatic carbocycles. The van der Waals surface area contributed by atoms with E-state index in [1.165, 1.54) is 5.56 Å². The Kier molecular flexibility index (Phi) is 6.66. The molecule has 3 nitrogen and oxygen atoms in total. The number of rotatable bonds is 7. The lowest BCUT2D eigenvalue weighted by Crippen LogP contribution is -2.39. The summed E-state index contributed by atoms with van der Waals surface area (Å²) in [6.45, 7) is 4.75. The SMILES string of the molecule is CCC(CC)c1cc[n+](CC(=O)Nc2ccccc2SC)cc1. The summed E-state index contributed by atoms with van der Waals surface area (Å²) < 4.78 is 1.92. The van der Waals surface area contributed by atoms with Gasteiger partial charge < -0.3 is 5.32 Å². The minimum Gasteiger partial charge on any atom is -0.320 e. The van der Waals surface area contributed by atoms with Crippen molar-refractivity contribution in [3.8, 4) is 0 Å². The standard InChI is InChI=1S/C19H24N2OS/c1-4-15(5-2)16-10-12-21(13-11-16)14-19(22)20-17-8-6-7-9-18(17)23-3/h6-13,15H,4-5,14H2,1-3H3/p+1. The van der Waals surface area contributed by atoms with Crippen molar-refractivity contribution in [2.45, 2.75) is 44.0 Å². The van der Waals surface area contributed by atoms with E-state index in [1.54, 1.807) is 11.8 Å². The van der Waals surface area contributed by atoms with Gasteiger partial charge in [-0.2, -0.15) is 4.57 Å². The number of carbonyl (C=O) groups is 1. The molecule has 0 bridgehead atoms. The lowest BCUT2D eigenvalue weighted by Gasteiger charge is -2.11. The molecular formula is C19H25N2OS+. The number of para-hydroxylation sites is 1. The first-order chi connectivity index (χ1) is 11.2. The highest BCUT2D eigenvalue weighted by molar-refractivity contribution is 7.98. The van der Waals surface area contributed by atoms with Gasteiger partial charge in [-0.05, 0) is 42.7 Å². The smallest absolute Gasteiger partial charge is 0.290 e. The number of hydrogen-bond donors (Lipinski definition) is 1. The summed E-state index contributed by atoms with van der Waals surface area (Å²) in [5.74, 6) is 0.596. The van der Waals surface area contributed by atoms with Crippen LogP contribution in [-0.2, 0) is 11.3 Å². The van der Waals surface area contributed by atoms with Gasteiger partial charge in [-0.3, -0.25) is 4.79 Å². The predicted octanol–water partition coefficient (Wildman–Crippen LogP) is 4.24. The van der Waals surface area contributed by atoms with Crippen molar-refractivity contribution in [2.24, 2.45) is 0 Å². The van der Waals surface area contributed by atoms with E-state index in [0.717, 1.165) is 23.4 Å². The van der Waals surface area contributed by atoms with Crippen LogP contribution in [0, 0.1) is 0 Å². The molecule has 1 N–H and O–H groups in total. The molecule has 2 aromatic rings. The van der Waals surface area contributed by atoms with Gasteiger partial charge in [-0.15, -0.1) is 11.8 Å². The summed E-state index contributed by atoms with van der Waals surface area (Å²) in [6, 6.07) is 12.1. The van der Waals surface area contributed by atoms with Crippen LogP contribution in [0.25, 0.3) is 0 Å². The van der Waals surface area contributed by atoms with Crippen molar-refractivity contribution in [3.05, 3.63) is 54.4 Å². The minimum atomic E-state index is -0.00761. The first kappa shape index (κ1) is 17.5. The number of pyridine rings is 1. The Bertz CT molecular complexity index is 636. The fourth-order valence-electron chi connectivity index (χ4n) is 2.71. The van der Waals surface area contributed by atoms with E-state index in [9.17, 15) is 4.79 Å². The number of anilines is 1. The van der Waals surface area contributed by atoms with E-state index in [1.807, 2.05) is 47.5 Å². The molecule has 1 amide bonds. The Morgan fingerprint density at radius 3 is 2.39 bits per heavy atom. The van der Waals surface area contributed by atoms with Crippen LogP contribution in [0.1, 0.15) is 38.2 Å². The van der Waals surface area contributed by atoms with Crippen molar-refractivity contribution in [3.63, 3.8) is 0 Å². The molecule has 0 radical (unpaired) electrons. The maximum Gasteiger partial charge on any atom is 0.290 e. The second-order valence-electron chi connectivity index (χ2n) is 5.57. The van der Waals surface area contributed by atoms with Crippen molar-refractivity contribution in [2.75, 3.05) is 11.6 Å². The largest absolute Gasteiger partial charge is 0.320 e. The summed E-state index contributed by atoms with van der Waals surface area (Å²) in [7, 11) is 0. The summed E-state index contributed by atoms with van der Waals surface area (Å²) in [5.41, 5.74) is 2.22. The third-order valence-corrected chi connectivity index (χ3v) is 4.88. The summed E-state index contributed by atoms with van der Waals surface area (Å²) >= 11 is 1.63. The average molecular weight is 329 g/mol. The molecule has 1 aromatic heterocycles. The highest BCUT2D eigenvalue weighted by Gasteiger charge is 2.13. The van der Waals surface area contributed by atoms with Gasteiger partial charge in [-0.1, -0.05) is 26.0 Å². The molecule has 4 heteroatoms. The van der Waals surface area contributed by atoms with Crippen molar-refractivity contribution >= 4 is 23.4 Å². The Morgan fingerprint density at radius 1 is 1.13 bits per heavy atom. The molecule has 0 aliphatic rings. The number of carbonyl (C=O) groups excluding carboxylic acids is 1. The lowest BCUT2D eigenvalue weighted by molar-refractivity contribution is -0.684. The second kappa shape index (κ2) is 8.73. The minimum absolute atomic E-state index is 0.00761. The maximum absolute atomic E-state index is 12.2. The molecule has 23 heavy (non-hydrogen) atoms. The summed E-state index contributed by atoms with van der Waals surface area (Å²) in [4.78, 5) is 13.3. The number of aromatic nitrogens is 1. The van der Waals surface area contributed by atoms with E-state index in [-0.39, 0.29) is 5.91 Å². The summed E-state index contributed by atoms with van der Waals surface area (Å²) in [6.07, 6.45) is 8.29. The van der Waals surface area contributed by atoms with Gasteiger partial charge in [0.05, 0.1) is 5.69 Å². The van der Waals surface area contributed by atoms with Crippen LogP contribution in [0.3, 0.4) is 0 Å². The summed E-state index contributed by atoms with van der Waals surface area (Å²) in [5, 5.41) is 2.99. The third-order valence-electron chi connectivity index (χ3n) is 4.08. The van der Waals surface area contributed by atoms with E-state index < -0.39 is 0 Å². The van der Waals surface area contributed by atoms with E-state index in [4.69, 9.17) is 0 Å². The molecule has 0 saturated heterocycles. The molecule has 2 rings (SSSR count). The number of amides is 1. The number of nitrogens with one attached hydrogen (secondary N) is 1. The predicted molar refractivity (Wildman–Crippen MR) is 96.8 cm³/mol. The maximum atomic E-state index is 12.2. The molecular weight excluding hydrogens is 304 g/mol. The van der Waals surface area contributed by atoms with Crippen LogP contribution in [0.4, 0.5) is 5.69 Å². The molecule has 0 aliphatic heterocycles. The van der Waals surface area contributed by atoms with Crippen molar-refractivity contribution < 1.29 is 9.36 Å². The van der Waals surface area contributed by atoms with E-state index in [2.05, 4.69) is 31.3 Å². The van der Waals surface area contributed by atoms with Crippen molar-refractivity contribution in [1.82, 2.24) is 0 Å². The van der Waals surface area contributed by atoms with Gasteiger partial charge in [0.15, 0.2) is 12.4 Å². The van der Waals surface area contributed by atoms with Crippen molar-refractivity contribution in [1.29, 1.82) is 0 Å². The first-order valence-electron chi connectivity index (χ1n) is 8.09. The molecule has 0 unspecified atom stereocenters. The zero-order valence-electron chi connectivity index (χ0n) is 14.1. The molecule has 1 heterocycles. The van der Waals surface area contributed by atoms with Gasteiger partial charge in [0.2, 0.25) is 6.54 Å². The molecule has 0 atom stereocenters.